The number of aromatic nitrogens is 2. The fraction of sp³-hybridized carbons (Fsp3) is 0.429. The van der Waals surface area contributed by atoms with Crippen LogP contribution in [0.2, 0.25) is 0 Å². The number of hydrogen-bond acceptors (Lipinski definition) is 4. The van der Waals surface area contributed by atoms with E-state index >= 15 is 0 Å². The van der Waals surface area contributed by atoms with Gasteiger partial charge in [-0.05, 0) is 31.2 Å². The number of aryl methyl sites for hydroxylation is 2. The maximum Gasteiger partial charge on any atom is 0.262 e. The summed E-state index contributed by atoms with van der Waals surface area (Å²) in [6, 6.07) is 0. The van der Waals surface area contributed by atoms with Gasteiger partial charge in [-0.25, -0.2) is 4.98 Å². The highest BCUT2D eigenvalue weighted by atomic mass is 32.2. The van der Waals surface area contributed by atoms with E-state index < -0.39 is 0 Å². The Morgan fingerprint density at radius 1 is 1.47 bits per heavy atom. The molecule has 2 aromatic rings. The Bertz CT molecular complexity index is 700. The normalized spacial score (nSPS) is 14.6. The Morgan fingerprint density at radius 2 is 2.26 bits per heavy atom. The van der Waals surface area contributed by atoms with Gasteiger partial charge >= 0.3 is 0 Å². The first kappa shape index (κ1) is 12.9. The summed E-state index contributed by atoms with van der Waals surface area (Å²) in [6.07, 6.45) is 6.40. The number of hydrogen-bond donors (Lipinski definition) is 0. The van der Waals surface area contributed by atoms with Crippen LogP contribution in [0.1, 0.15) is 23.3 Å². The summed E-state index contributed by atoms with van der Waals surface area (Å²) in [4.78, 5) is 19.5. The third kappa shape index (κ3) is 2.15. The molecule has 3 rings (SSSR count). The molecule has 0 fully saturated rings. The first-order valence-corrected chi connectivity index (χ1v) is 8.27. The van der Waals surface area contributed by atoms with Crippen LogP contribution in [0.4, 0.5) is 0 Å². The number of thioether (sulfide) groups is 1. The molecular formula is C14H16N2OS2. The van der Waals surface area contributed by atoms with Gasteiger partial charge in [0.15, 0.2) is 5.16 Å². The van der Waals surface area contributed by atoms with Crippen molar-refractivity contribution in [2.45, 2.75) is 30.8 Å². The number of nitrogens with zero attached hydrogens (tertiary/aromatic N) is 2. The van der Waals surface area contributed by atoms with E-state index in [4.69, 9.17) is 0 Å². The fourth-order valence-electron chi connectivity index (χ4n) is 2.53. The molecule has 0 amide bonds. The first-order valence-electron chi connectivity index (χ1n) is 6.47. The van der Waals surface area contributed by atoms with Gasteiger partial charge in [0.05, 0.1) is 5.39 Å². The Morgan fingerprint density at radius 3 is 3.05 bits per heavy atom. The highest BCUT2D eigenvalue weighted by molar-refractivity contribution is 7.99. The third-order valence-electron chi connectivity index (χ3n) is 3.49. The highest BCUT2D eigenvalue weighted by Crippen LogP contribution is 2.34. The predicted octanol–water partition coefficient (Wildman–Crippen LogP) is 3.15. The largest absolute Gasteiger partial charge is 0.290 e. The minimum atomic E-state index is 0.107. The van der Waals surface area contributed by atoms with Gasteiger partial charge in [0.25, 0.3) is 5.56 Å². The van der Waals surface area contributed by atoms with E-state index in [0.717, 1.165) is 34.0 Å². The van der Waals surface area contributed by atoms with Gasteiger partial charge in [-0.1, -0.05) is 17.8 Å². The summed E-state index contributed by atoms with van der Waals surface area (Å²) in [7, 11) is 1.81. The zero-order valence-corrected chi connectivity index (χ0v) is 12.6. The topological polar surface area (TPSA) is 34.9 Å². The molecule has 19 heavy (non-hydrogen) atoms. The van der Waals surface area contributed by atoms with Crippen LogP contribution in [0, 0.1) is 0 Å². The smallest absolute Gasteiger partial charge is 0.262 e. The SMILES string of the molecule is C=CCSc1nc2sc3c(c2c(=O)n1C)CCCC3. The highest BCUT2D eigenvalue weighted by Gasteiger charge is 2.20. The van der Waals surface area contributed by atoms with Crippen LogP contribution < -0.4 is 5.56 Å². The lowest BCUT2D eigenvalue weighted by Crippen LogP contribution is -2.20. The summed E-state index contributed by atoms with van der Waals surface area (Å²) < 4.78 is 1.68. The molecule has 100 valence electrons. The van der Waals surface area contributed by atoms with Gasteiger partial charge in [0, 0.05) is 17.7 Å². The molecule has 0 radical (unpaired) electrons. The lowest BCUT2D eigenvalue weighted by atomic mass is 9.97. The Hall–Kier alpha value is -1.07. The zero-order chi connectivity index (χ0) is 13.4. The second-order valence-corrected chi connectivity index (χ2v) is 6.82. The first-order chi connectivity index (χ1) is 9.22. The molecule has 3 nitrogen and oxygen atoms in total. The fourth-order valence-corrected chi connectivity index (χ4v) is 4.54. The molecule has 0 N–H and O–H groups in total. The van der Waals surface area contributed by atoms with Gasteiger partial charge < -0.3 is 0 Å². The summed E-state index contributed by atoms with van der Waals surface area (Å²) in [5, 5.41) is 1.65. The van der Waals surface area contributed by atoms with Gasteiger partial charge in [-0.3, -0.25) is 9.36 Å². The summed E-state index contributed by atoms with van der Waals surface area (Å²) in [5.74, 6) is 0.775. The minimum absolute atomic E-state index is 0.107. The quantitative estimate of drug-likeness (QED) is 0.495. The van der Waals surface area contributed by atoms with Crippen molar-refractivity contribution in [2.75, 3.05) is 5.75 Å². The number of thiophene rings is 1. The average molecular weight is 292 g/mol. The van der Waals surface area contributed by atoms with E-state index in [1.165, 1.54) is 23.3 Å². The van der Waals surface area contributed by atoms with E-state index in [-0.39, 0.29) is 5.56 Å². The second-order valence-electron chi connectivity index (χ2n) is 4.75. The molecule has 2 heterocycles. The predicted molar refractivity (Wildman–Crippen MR) is 82.4 cm³/mol. The van der Waals surface area contributed by atoms with Gasteiger partial charge in [0.2, 0.25) is 0 Å². The van der Waals surface area contributed by atoms with Crippen molar-refractivity contribution in [3.05, 3.63) is 33.4 Å². The van der Waals surface area contributed by atoms with Gasteiger partial charge in [-0.2, -0.15) is 0 Å². The van der Waals surface area contributed by atoms with Crippen LogP contribution in [0.15, 0.2) is 22.6 Å². The molecule has 0 saturated carbocycles. The van der Waals surface area contributed by atoms with E-state index in [0.29, 0.717) is 0 Å². The summed E-state index contributed by atoms with van der Waals surface area (Å²) in [6.45, 7) is 3.71. The van der Waals surface area contributed by atoms with Gasteiger partial charge in [-0.15, -0.1) is 17.9 Å². The van der Waals surface area contributed by atoms with Gasteiger partial charge in [0.1, 0.15) is 4.83 Å². The van der Waals surface area contributed by atoms with Crippen LogP contribution in [0.3, 0.4) is 0 Å². The molecule has 0 spiro atoms. The molecule has 1 aliphatic rings. The molecule has 1 aliphatic carbocycles. The lowest BCUT2D eigenvalue weighted by Gasteiger charge is -2.10. The van der Waals surface area contributed by atoms with Crippen molar-refractivity contribution in [3.63, 3.8) is 0 Å². The molecule has 0 unspecified atom stereocenters. The molecule has 0 aromatic carbocycles. The maximum absolute atomic E-state index is 12.5. The summed E-state index contributed by atoms with van der Waals surface area (Å²) in [5.41, 5.74) is 1.37. The van der Waals surface area contributed by atoms with Crippen LogP contribution in [-0.2, 0) is 19.9 Å². The zero-order valence-electron chi connectivity index (χ0n) is 10.9. The standard InChI is InChI=1S/C14H16N2OS2/c1-3-8-18-14-15-12-11(13(17)16(14)2)9-6-4-5-7-10(9)19-12/h3H,1,4-8H2,2H3. The second kappa shape index (κ2) is 5.13. The molecular weight excluding hydrogens is 276 g/mol. The van der Waals surface area contributed by atoms with E-state index in [1.54, 1.807) is 27.7 Å². The van der Waals surface area contributed by atoms with Crippen LogP contribution in [0.5, 0.6) is 0 Å². The van der Waals surface area contributed by atoms with Crippen LogP contribution in [-0.4, -0.2) is 15.3 Å². The van der Waals surface area contributed by atoms with Crippen LogP contribution in [0.25, 0.3) is 10.2 Å². The monoisotopic (exact) mass is 292 g/mol. The average Bonchev–Trinajstić information content (AvgIpc) is 2.79. The molecule has 0 saturated heterocycles. The van der Waals surface area contributed by atoms with Crippen molar-refractivity contribution in [3.8, 4) is 0 Å². The Kier molecular flexibility index (Phi) is 3.50. The van der Waals surface area contributed by atoms with Crippen molar-refractivity contribution >= 4 is 33.3 Å². The number of fused-ring (bicyclic) bond motifs is 3. The molecule has 0 aliphatic heterocycles. The number of rotatable bonds is 3. The van der Waals surface area contributed by atoms with Crippen molar-refractivity contribution in [2.24, 2.45) is 7.05 Å². The van der Waals surface area contributed by atoms with Crippen molar-refractivity contribution in [1.82, 2.24) is 9.55 Å². The third-order valence-corrected chi connectivity index (χ3v) is 5.70. The summed E-state index contributed by atoms with van der Waals surface area (Å²) >= 11 is 3.27. The molecule has 2 aromatic heterocycles. The van der Waals surface area contributed by atoms with Crippen LogP contribution >= 0.6 is 23.1 Å². The molecule has 0 atom stereocenters. The van der Waals surface area contributed by atoms with E-state index in [1.807, 2.05) is 13.1 Å². The lowest BCUT2D eigenvalue weighted by molar-refractivity contribution is 0.695. The molecule has 0 bridgehead atoms. The van der Waals surface area contributed by atoms with Crippen molar-refractivity contribution < 1.29 is 0 Å². The Labute approximate surface area is 120 Å². The minimum Gasteiger partial charge on any atom is -0.290 e. The maximum atomic E-state index is 12.5. The van der Waals surface area contributed by atoms with Crippen molar-refractivity contribution in [1.29, 1.82) is 0 Å². The van der Waals surface area contributed by atoms with E-state index in [9.17, 15) is 4.79 Å². The molecule has 5 heteroatoms. The Balaban J connectivity index is 2.22. The van der Waals surface area contributed by atoms with E-state index in [2.05, 4.69) is 11.6 Å².